The number of piperidine rings is 1. The molecule has 2 amide bonds. The number of hydrogen-bond donors (Lipinski definition) is 0. The molecule has 2 saturated heterocycles. The summed E-state index contributed by atoms with van der Waals surface area (Å²) in [7, 11) is 3.23. The van der Waals surface area contributed by atoms with E-state index in [1.165, 1.54) is 0 Å². The highest BCUT2D eigenvalue weighted by Crippen LogP contribution is 2.38. The van der Waals surface area contributed by atoms with Crippen molar-refractivity contribution in [3.8, 4) is 11.5 Å². The Labute approximate surface area is 179 Å². The van der Waals surface area contributed by atoms with E-state index < -0.39 is 5.60 Å². The van der Waals surface area contributed by atoms with E-state index in [9.17, 15) is 9.59 Å². The third-order valence-corrected chi connectivity index (χ3v) is 5.75. The molecule has 0 aromatic heterocycles. The minimum Gasteiger partial charge on any atom is -0.493 e. The van der Waals surface area contributed by atoms with Gasteiger partial charge in [-0.3, -0.25) is 4.79 Å². The van der Waals surface area contributed by atoms with E-state index in [4.69, 9.17) is 14.2 Å². The molecule has 0 spiro atoms. The van der Waals surface area contributed by atoms with E-state index in [0.717, 1.165) is 37.8 Å². The Kier molecular flexibility index (Phi) is 6.78. The van der Waals surface area contributed by atoms with Crippen molar-refractivity contribution < 1.29 is 23.8 Å². The molecular weight excluding hydrogens is 384 g/mol. The molecule has 0 aliphatic carbocycles. The quantitative estimate of drug-likeness (QED) is 0.739. The molecule has 0 N–H and O–H groups in total. The smallest absolute Gasteiger partial charge is 0.410 e. The van der Waals surface area contributed by atoms with E-state index in [1.54, 1.807) is 19.1 Å². The molecule has 1 aromatic rings. The second-order valence-electron chi connectivity index (χ2n) is 9.07. The molecule has 0 bridgehead atoms. The van der Waals surface area contributed by atoms with Crippen LogP contribution in [0.15, 0.2) is 18.2 Å². The molecule has 166 valence electrons. The first-order valence-electron chi connectivity index (χ1n) is 10.7. The van der Waals surface area contributed by atoms with Gasteiger partial charge in [0.25, 0.3) is 0 Å². The van der Waals surface area contributed by atoms with Gasteiger partial charge in [0.1, 0.15) is 5.60 Å². The van der Waals surface area contributed by atoms with Gasteiger partial charge in [-0.2, -0.15) is 0 Å². The molecule has 0 radical (unpaired) electrons. The molecule has 0 saturated carbocycles. The average molecular weight is 419 g/mol. The predicted molar refractivity (Wildman–Crippen MR) is 114 cm³/mol. The van der Waals surface area contributed by atoms with Crippen molar-refractivity contribution >= 4 is 12.0 Å². The van der Waals surface area contributed by atoms with Crippen molar-refractivity contribution in [2.45, 2.75) is 58.1 Å². The zero-order valence-corrected chi connectivity index (χ0v) is 18.8. The van der Waals surface area contributed by atoms with Crippen LogP contribution in [0.1, 0.15) is 58.1 Å². The van der Waals surface area contributed by atoms with Gasteiger partial charge in [-0.15, -0.1) is 0 Å². The second-order valence-corrected chi connectivity index (χ2v) is 9.07. The normalized spacial score (nSPS) is 22.0. The zero-order valence-electron chi connectivity index (χ0n) is 18.8. The van der Waals surface area contributed by atoms with E-state index in [0.29, 0.717) is 24.6 Å². The summed E-state index contributed by atoms with van der Waals surface area (Å²) >= 11 is 0. The monoisotopic (exact) mass is 418 g/mol. The second kappa shape index (κ2) is 9.14. The standard InChI is InChI=1S/C23H34N2O5/c1-23(2,3)30-22(27)24-12-6-8-17(15-24)21(26)25-13-7-9-18(25)16-10-11-19(28-4)20(14-16)29-5/h10-11,14,17-18H,6-9,12-13,15H2,1-5H3/t17-,18-/m0/s1. The third-order valence-electron chi connectivity index (χ3n) is 5.75. The number of likely N-dealkylation sites (tertiary alicyclic amines) is 2. The zero-order chi connectivity index (χ0) is 21.9. The molecule has 1 aromatic carbocycles. The van der Waals surface area contributed by atoms with E-state index in [-0.39, 0.29) is 24.0 Å². The summed E-state index contributed by atoms with van der Waals surface area (Å²) in [5, 5.41) is 0. The number of carbonyl (C=O) groups excluding carboxylic acids is 2. The van der Waals surface area contributed by atoms with Crippen LogP contribution < -0.4 is 9.47 Å². The Morgan fingerprint density at radius 3 is 2.37 bits per heavy atom. The van der Waals surface area contributed by atoms with Crippen LogP contribution >= 0.6 is 0 Å². The molecule has 2 fully saturated rings. The van der Waals surface area contributed by atoms with Gasteiger partial charge in [0.05, 0.1) is 26.2 Å². The molecule has 2 heterocycles. The number of nitrogens with zero attached hydrogens (tertiary/aromatic N) is 2. The van der Waals surface area contributed by atoms with Crippen LogP contribution in [0, 0.1) is 5.92 Å². The van der Waals surface area contributed by atoms with Gasteiger partial charge in [0.2, 0.25) is 5.91 Å². The fourth-order valence-corrected chi connectivity index (χ4v) is 4.34. The molecule has 0 unspecified atom stereocenters. The van der Waals surface area contributed by atoms with Crippen LogP contribution in [-0.4, -0.2) is 61.3 Å². The topological polar surface area (TPSA) is 68.3 Å². The van der Waals surface area contributed by atoms with Crippen molar-refractivity contribution in [3.05, 3.63) is 23.8 Å². The number of ether oxygens (including phenoxy) is 3. The summed E-state index contributed by atoms with van der Waals surface area (Å²) in [5.74, 6) is 1.29. The number of amides is 2. The van der Waals surface area contributed by atoms with Gasteiger partial charge in [0, 0.05) is 19.6 Å². The molecule has 2 aliphatic heterocycles. The fraction of sp³-hybridized carbons (Fsp3) is 0.652. The Morgan fingerprint density at radius 1 is 1.00 bits per heavy atom. The molecule has 2 atom stereocenters. The van der Waals surface area contributed by atoms with Gasteiger partial charge in [0.15, 0.2) is 11.5 Å². The van der Waals surface area contributed by atoms with Gasteiger partial charge in [-0.25, -0.2) is 4.79 Å². The average Bonchev–Trinajstić information content (AvgIpc) is 3.21. The molecular formula is C23H34N2O5. The SMILES string of the molecule is COc1ccc([C@@H]2CCCN2C(=O)[C@H]2CCCN(C(=O)OC(C)(C)C)C2)cc1OC. The molecule has 2 aliphatic rings. The maximum atomic E-state index is 13.4. The summed E-state index contributed by atoms with van der Waals surface area (Å²) in [4.78, 5) is 29.5. The maximum absolute atomic E-state index is 13.4. The van der Waals surface area contributed by atoms with Crippen LogP contribution in [0.5, 0.6) is 11.5 Å². The molecule has 7 heteroatoms. The lowest BCUT2D eigenvalue weighted by atomic mass is 9.95. The highest BCUT2D eigenvalue weighted by molar-refractivity contribution is 5.81. The largest absolute Gasteiger partial charge is 0.493 e. The highest BCUT2D eigenvalue weighted by Gasteiger charge is 2.37. The Hall–Kier alpha value is -2.44. The summed E-state index contributed by atoms with van der Waals surface area (Å²) < 4.78 is 16.3. The highest BCUT2D eigenvalue weighted by atomic mass is 16.6. The Balaban J connectivity index is 1.71. The van der Waals surface area contributed by atoms with E-state index in [2.05, 4.69) is 0 Å². The van der Waals surface area contributed by atoms with Gasteiger partial charge >= 0.3 is 6.09 Å². The predicted octanol–water partition coefficient (Wildman–Crippen LogP) is 4.01. The first-order valence-corrected chi connectivity index (χ1v) is 10.7. The molecule has 7 nitrogen and oxygen atoms in total. The Morgan fingerprint density at radius 2 is 1.70 bits per heavy atom. The van der Waals surface area contributed by atoms with E-state index in [1.807, 2.05) is 43.9 Å². The van der Waals surface area contributed by atoms with Crippen LogP contribution in [-0.2, 0) is 9.53 Å². The number of carbonyl (C=O) groups is 2. The van der Waals surface area contributed by atoms with Crippen LogP contribution in [0.25, 0.3) is 0 Å². The fourth-order valence-electron chi connectivity index (χ4n) is 4.34. The van der Waals surface area contributed by atoms with Crippen molar-refractivity contribution in [2.75, 3.05) is 33.9 Å². The number of rotatable bonds is 4. The molecule has 30 heavy (non-hydrogen) atoms. The lowest BCUT2D eigenvalue weighted by Gasteiger charge is -2.36. The van der Waals surface area contributed by atoms with Crippen molar-refractivity contribution in [1.29, 1.82) is 0 Å². The van der Waals surface area contributed by atoms with E-state index >= 15 is 0 Å². The Bertz CT molecular complexity index is 773. The number of hydrogen-bond acceptors (Lipinski definition) is 5. The van der Waals surface area contributed by atoms with Crippen LogP contribution in [0.3, 0.4) is 0 Å². The number of methoxy groups -OCH3 is 2. The van der Waals surface area contributed by atoms with Crippen LogP contribution in [0.4, 0.5) is 4.79 Å². The maximum Gasteiger partial charge on any atom is 0.410 e. The lowest BCUT2D eigenvalue weighted by Crippen LogP contribution is -2.47. The van der Waals surface area contributed by atoms with Crippen molar-refractivity contribution in [1.82, 2.24) is 9.80 Å². The third kappa shape index (κ3) is 4.99. The summed E-state index contributed by atoms with van der Waals surface area (Å²) in [6.07, 6.45) is 3.16. The summed E-state index contributed by atoms with van der Waals surface area (Å²) in [5.41, 5.74) is 0.514. The van der Waals surface area contributed by atoms with Crippen molar-refractivity contribution in [2.24, 2.45) is 5.92 Å². The van der Waals surface area contributed by atoms with Crippen LogP contribution in [0.2, 0.25) is 0 Å². The molecule has 3 rings (SSSR count). The lowest BCUT2D eigenvalue weighted by molar-refractivity contribution is -0.138. The summed E-state index contributed by atoms with van der Waals surface area (Å²) in [6.45, 7) is 7.36. The summed E-state index contributed by atoms with van der Waals surface area (Å²) in [6, 6.07) is 5.88. The van der Waals surface area contributed by atoms with Gasteiger partial charge in [-0.05, 0) is 64.2 Å². The first-order chi connectivity index (χ1) is 14.2. The van der Waals surface area contributed by atoms with Gasteiger partial charge in [-0.1, -0.05) is 6.07 Å². The minimum absolute atomic E-state index is 0.0224. The first kappa shape index (κ1) is 22.2. The minimum atomic E-state index is -0.540. The number of benzene rings is 1. The van der Waals surface area contributed by atoms with Crippen molar-refractivity contribution in [3.63, 3.8) is 0 Å². The van der Waals surface area contributed by atoms with Gasteiger partial charge < -0.3 is 24.0 Å².